The van der Waals surface area contributed by atoms with Crippen molar-refractivity contribution in [2.45, 2.75) is 6.18 Å². The predicted molar refractivity (Wildman–Crippen MR) is 59.8 cm³/mol. The molecule has 0 fully saturated rings. The largest absolute Gasteiger partial charge is 0.416 e. The zero-order valence-corrected chi connectivity index (χ0v) is 9.57. The first-order valence-corrected chi connectivity index (χ1v) is 5.21. The summed E-state index contributed by atoms with van der Waals surface area (Å²) in [6.07, 6.45) is -3.61. The molecule has 2 nitrogen and oxygen atoms in total. The molecule has 94 valence electrons. The van der Waals surface area contributed by atoms with Gasteiger partial charge in [-0.2, -0.15) is 13.2 Å². The van der Waals surface area contributed by atoms with Crippen LogP contribution in [-0.4, -0.2) is 9.97 Å². The van der Waals surface area contributed by atoms with Crippen molar-refractivity contribution in [2.24, 2.45) is 0 Å². The molecule has 2 aromatic rings. The minimum atomic E-state index is -4.48. The van der Waals surface area contributed by atoms with Crippen molar-refractivity contribution in [3.8, 4) is 11.3 Å². The van der Waals surface area contributed by atoms with Crippen molar-refractivity contribution in [1.82, 2.24) is 9.97 Å². The Labute approximate surface area is 104 Å². The highest BCUT2D eigenvalue weighted by atomic mass is 32.1. The summed E-state index contributed by atoms with van der Waals surface area (Å²) < 4.78 is 51.0. The summed E-state index contributed by atoms with van der Waals surface area (Å²) in [6, 6.07) is 4.33. The van der Waals surface area contributed by atoms with E-state index in [2.05, 4.69) is 9.97 Å². The Balaban J connectivity index is 2.58. The van der Waals surface area contributed by atoms with Crippen LogP contribution in [-0.2, 0) is 6.18 Å². The van der Waals surface area contributed by atoms with Gasteiger partial charge in [-0.1, -0.05) is 12.1 Å². The Morgan fingerprint density at radius 2 is 1.94 bits per heavy atom. The van der Waals surface area contributed by atoms with E-state index in [4.69, 9.17) is 12.2 Å². The summed E-state index contributed by atoms with van der Waals surface area (Å²) in [5.41, 5.74) is -0.896. The number of hydrogen-bond acceptors (Lipinski definition) is 2. The molecule has 0 amide bonds. The number of nitrogens with one attached hydrogen (secondary N) is 1. The van der Waals surface area contributed by atoms with E-state index in [-0.39, 0.29) is 16.0 Å². The fourth-order valence-electron chi connectivity index (χ4n) is 1.44. The second-order valence-electron chi connectivity index (χ2n) is 3.49. The molecule has 1 aromatic carbocycles. The molecule has 0 saturated carbocycles. The molecule has 1 heterocycles. The predicted octanol–water partition coefficient (Wildman–Crippen LogP) is 3.96. The maximum Gasteiger partial charge on any atom is 0.416 e. The van der Waals surface area contributed by atoms with Gasteiger partial charge >= 0.3 is 6.18 Å². The maximum atomic E-state index is 13.5. The van der Waals surface area contributed by atoms with Gasteiger partial charge in [0.15, 0.2) is 10.6 Å². The normalized spacial score (nSPS) is 11.6. The first-order chi connectivity index (χ1) is 8.38. The molecule has 0 radical (unpaired) electrons. The molecule has 0 aliphatic heterocycles. The molecule has 1 aromatic heterocycles. The van der Waals surface area contributed by atoms with E-state index >= 15 is 0 Å². The third-order valence-corrected chi connectivity index (χ3v) is 2.45. The number of hydrogen-bond donors (Lipinski definition) is 1. The minimum absolute atomic E-state index is 0.00353. The van der Waals surface area contributed by atoms with Crippen LogP contribution in [0.1, 0.15) is 5.56 Å². The number of benzene rings is 1. The number of alkyl halides is 3. The SMILES string of the molecule is Fc1cnc(=S)[nH]c1-c1cccc(C(F)(F)F)c1. The summed E-state index contributed by atoms with van der Waals surface area (Å²) in [6.45, 7) is 0. The van der Waals surface area contributed by atoms with Gasteiger partial charge in [-0.15, -0.1) is 0 Å². The third kappa shape index (κ3) is 2.56. The average Bonchev–Trinajstić information content (AvgIpc) is 2.31. The molecule has 0 unspecified atom stereocenters. The van der Waals surface area contributed by atoms with Gasteiger partial charge in [-0.05, 0) is 24.4 Å². The molecular formula is C11H6F4N2S. The molecule has 0 aliphatic carbocycles. The third-order valence-electron chi connectivity index (χ3n) is 2.24. The van der Waals surface area contributed by atoms with Crippen LogP contribution >= 0.6 is 12.2 Å². The standard InChI is InChI=1S/C11H6F4N2S/c12-8-5-16-10(18)17-9(8)6-2-1-3-7(4-6)11(13,14)15/h1-5H,(H,16,17,18). The Kier molecular flexibility index (Phi) is 3.16. The Morgan fingerprint density at radius 3 is 2.61 bits per heavy atom. The van der Waals surface area contributed by atoms with E-state index in [9.17, 15) is 17.6 Å². The van der Waals surface area contributed by atoms with Gasteiger partial charge in [0.05, 0.1) is 17.5 Å². The molecule has 1 N–H and O–H groups in total. The molecule has 7 heteroatoms. The highest BCUT2D eigenvalue weighted by Crippen LogP contribution is 2.32. The van der Waals surface area contributed by atoms with Crippen molar-refractivity contribution >= 4 is 12.2 Å². The summed E-state index contributed by atoms with van der Waals surface area (Å²) in [4.78, 5) is 5.93. The van der Waals surface area contributed by atoms with E-state index < -0.39 is 17.6 Å². The number of rotatable bonds is 1. The molecule has 0 bridgehead atoms. The molecule has 0 spiro atoms. The van der Waals surface area contributed by atoms with Gasteiger partial charge in [0, 0.05) is 5.56 Å². The molecule has 0 saturated heterocycles. The van der Waals surface area contributed by atoms with E-state index in [1.54, 1.807) is 0 Å². The average molecular weight is 274 g/mol. The topological polar surface area (TPSA) is 28.7 Å². The monoisotopic (exact) mass is 274 g/mol. The van der Waals surface area contributed by atoms with Crippen molar-refractivity contribution in [2.75, 3.05) is 0 Å². The van der Waals surface area contributed by atoms with Gasteiger partial charge in [0.2, 0.25) is 0 Å². The quantitative estimate of drug-likeness (QED) is 0.629. The minimum Gasteiger partial charge on any atom is -0.328 e. The second-order valence-corrected chi connectivity index (χ2v) is 3.88. The smallest absolute Gasteiger partial charge is 0.328 e. The van der Waals surface area contributed by atoms with Crippen LogP contribution in [0.5, 0.6) is 0 Å². The maximum absolute atomic E-state index is 13.5. The zero-order valence-electron chi connectivity index (χ0n) is 8.75. The number of halogens is 4. The van der Waals surface area contributed by atoms with E-state index in [0.717, 1.165) is 18.3 Å². The number of nitrogens with zero attached hydrogens (tertiary/aromatic N) is 1. The molecular weight excluding hydrogens is 268 g/mol. The lowest BCUT2D eigenvalue weighted by Gasteiger charge is -2.09. The van der Waals surface area contributed by atoms with Crippen molar-refractivity contribution in [3.63, 3.8) is 0 Å². The van der Waals surface area contributed by atoms with Crippen LogP contribution in [0, 0.1) is 10.6 Å². The summed E-state index contributed by atoms with van der Waals surface area (Å²) in [5.74, 6) is -0.761. The molecule has 0 atom stereocenters. The van der Waals surface area contributed by atoms with Crippen molar-refractivity contribution < 1.29 is 17.6 Å². The van der Waals surface area contributed by atoms with Crippen LogP contribution in [0.2, 0.25) is 0 Å². The number of aromatic amines is 1. The van der Waals surface area contributed by atoms with Gasteiger partial charge in [-0.3, -0.25) is 0 Å². The van der Waals surface area contributed by atoms with Gasteiger partial charge in [-0.25, -0.2) is 9.37 Å². The van der Waals surface area contributed by atoms with E-state index in [1.165, 1.54) is 12.1 Å². The summed E-state index contributed by atoms with van der Waals surface area (Å²) >= 11 is 4.71. The first kappa shape index (κ1) is 12.7. The second kappa shape index (κ2) is 4.49. The van der Waals surface area contributed by atoms with Gasteiger partial charge in [0.1, 0.15) is 0 Å². The Bertz CT molecular complexity index is 633. The lowest BCUT2D eigenvalue weighted by molar-refractivity contribution is -0.137. The van der Waals surface area contributed by atoms with Crippen LogP contribution in [0.25, 0.3) is 11.3 Å². The lowest BCUT2D eigenvalue weighted by Crippen LogP contribution is -2.05. The highest BCUT2D eigenvalue weighted by molar-refractivity contribution is 7.71. The fraction of sp³-hybridized carbons (Fsp3) is 0.0909. The molecule has 0 aliphatic rings. The van der Waals surface area contributed by atoms with Crippen LogP contribution in [0.4, 0.5) is 17.6 Å². The summed E-state index contributed by atoms with van der Waals surface area (Å²) in [7, 11) is 0. The Hall–Kier alpha value is -1.76. The van der Waals surface area contributed by atoms with Gasteiger partial charge in [0.25, 0.3) is 0 Å². The van der Waals surface area contributed by atoms with E-state index in [1.807, 2.05) is 0 Å². The zero-order chi connectivity index (χ0) is 13.3. The van der Waals surface area contributed by atoms with Crippen molar-refractivity contribution in [3.05, 3.63) is 46.6 Å². The molecule has 18 heavy (non-hydrogen) atoms. The number of aromatic nitrogens is 2. The fourth-order valence-corrected chi connectivity index (χ4v) is 1.59. The van der Waals surface area contributed by atoms with E-state index in [0.29, 0.717) is 0 Å². The van der Waals surface area contributed by atoms with Crippen LogP contribution in [0.3, 0.4) is 0 Å². The van der Waals surface area contributed by atoms with Crippen molar-refractivity contribution in [1.29, 1.82) is 0 Å². The summed E-state index contributed by atoms with van der Waals surface area (Å²) in [5, 5.41) is 0. The first-order valence-electron chi connectivity index (χ1n) is 4.80. The number of H-pyrrole nitrogens is 1. The molecule has 2 rings (SSSR count). The lowest BCUT2D eigenvalue weighted by atomic mass is 10.1. The Morgan fingerprint density at radius 1 is 1.22 bits per heavy atom. The highest BCUT2D eigenvalue weighted by Gasteiger charge is 2.30. The van der Waals surface area contributed by atoms with Crippen LogP contribution in [0.15, 0.2) is 30.5 Å². The van der Waals surface area contributed by atoms with Gasteiger partial charge < -0.3 is 4.98 Å². The van der Waals surface area contributed by atoms with Crippen LogP contribution < -0.4 is 0 Å².